The fourth-order valence-corrected chi connectivity index (χ4v) is 1.50. The Kier molecular flexibility index (Phi) is 2.52. The van der Waals surface area contributed by atoms with Crippen molar-refractivity contribution in [1.82, 2.24) is 9.97 Å². The number of aromatic nitrogens is 2. The van der Waals surface area contributed by atoms with E-state index in [1.165, 1.54) is 0 Å². The molecular formula is C11H13N3O2. The lowest BCUT2D eigenvalue weighted by Crippen LogP contribution is -2.18. The molecule has 16 heavy (non-hydrogen) atoms. The number of ether oxygens (including phenoxy) is 1. The van der Waals surface area contributed by atoms with E-state index in [0.717, 1.165) is 0 Å². The Morgan fingerprint density at radius 1 is 1.38 bits per heavy atom. The standard InChI is InChI=1S/C11H13N3O2/c1-14(2)11-12-9-7(10(15)13-11)5-4-6-8(9)16-3/h4-6H,1-3H3,(H,12,13,15). The van der Waals surface area contributed by atoms with Crippen LogP contribution >= 0.6 is 0 Å². The number of hydrogen-bond donors (Lipinski definition) is 1. The predicted molar refractivity (Wildman–Crippen MR) is 63.2 cm³/mol. The van der Waals surface area contributed by atoms with Crippen LogP contribution in [0.5, 0.6) is 5.75 Å². The summed E-state index contributed by atoms with van der Waals surface area (Å²) in [7, 11) is 5.20. The third-order valence-electron chi connectivity index (χ3n) is 2.33. The normalized spacial score (nSPS) is 10.4. The van der Waals surface area contributed by atoms with Gasteiger partial charge in [0.05, 0.1) is 12.5 Å². The van der Waals surface area contributed by atoms with Crippen LogP contribution in [0.3, 0.4) is 0 Å². The van der Waals surface area contributed by atoms with E-state index in [9.17, 15) is 4.79 Å². The molecule has 1 N–H and O–H groups in total. The van der Waals surface area contributed by atoms with Gasteiger partial charge in [0.25, 0.3) is 5.56 Å². The first kappa shape index (κ1) is 10.5. The molecule has 0 bridgehead atoms. The number of aromatic amines is 1. The summed E-state index contributed by atoms with van der Waals surface area (Å²) in [5.41, 5.74) is 0.421. The van der Waals surface area contributed by atoms with Gasteiger partial charge in [-0.25, -0.2) is 4.98 Å². The monoisotopic (exact) mass is 219 g/mol. The topological polar surface area (TPSA) is 58.2 Å². The van der Waals surface area contributed by atoms with Crippen molar-refractivity contribution < 1.29 is 4.74 Å². The van der Waals surface area contributed by atoms with Crippen molar-refractivity contribution in [2.75, 3.05) is 26.1 Å². The molecule has 0 saturated heterocycles. The lowest BCUT2D eigenvalue weighted by atomic mass is 10.2. The highest BCUT2D eigenvalue weighted by molar-refractivity contribution is 5.84. The van der Waals surface area contributed by atoms with Gasteiger partial charge < -0.3 is 9.64 Å². The number of para-hydroxylation sites is 1. The first-order valence-electron chi connectivity index (χ1n) is 4.88. The van der Waals surface area contributed by atoms with Crippen LogP contribution in [0.1, 0.15) is 0 Å². The van der Waals surface area contributed by atoms with Gasteiger partial charge in [-0.3, -0.25) is 9.78 Å². The van der Waals surface area contributed by atoms with Crippen molar-refractivity contribution in [2.24, 2.45) is 0 Å². The molecule has 0 unspecified atom stereocenters. The molecule has 5 heteroatoms. The van der Waals surface area contributed by atoms with Gasteiger partial charge in [0.1, 0.15) is 11.3 Å². The highest BCUT2D eigenvalue weighted by Gasteiger charge is 2.08. The van der Waals surface area contributed by atoms with E-state index in [2.05, 4.69) is 9.97 Å². The van der Waals surface area contributed by atoms with E-state index in [0.29, 0.717) is 22.6 Å². The van der Waals surface area contributed by atoms with Gasteiger partial charge in [0, 0.05) is 14.1 Å². The van der Waals surface area contributed by atoms with Gasteiger partial charge in [0.2, 0.25) is 5.95 Å². The zero-order chi connectivity index (χ0) is 11.7. The lowest BCUT2D eigenvalue weighted by molar-refractivity contribution is 0.419. The summed E-state index contributed by atoms with van der Waals surface area (Å²) >= 11 is 0. The second kappa shape index (κ2) is 3.84. The van der Waals surface area contributed by atoms with E-state index in [1.807, 2.05) is 14.1 Å². The number of hydrogen-bond acceptors (Lipinski definition) is 4. The zero-order valence-corrected chi connectivity index (χ0v) is 9.44. The molecule has 1 aromatic heterocycles. The van der Waals surface area contributed by atoms with E-state index in [-0.39, 0.29) is 5.56 Å². The van der Waals surface area contributed by atoms with Crippen LogP contribution in [0.2, 0.25) is 0 Å². The molecular weight excluding hydrogens is 206 g/mol. The molecule has 0 aliphatic rings. The first-order chi connectivity index (χ1) is 7.63. The van der Waals surface area contributed by atoms with Crippen molar-refractivity contribution in [3.05, 3.63) is 28.6 Å². The van der Waals surface area contributed by atoms with Crippen LogP contribution in [0.25, 0.3) is 10.9 Å². The van der Waals surface area contributed by atoms with Gasteiger partial charge in [-0.1, -0.05) is 6.07 Å². The van der Waals surface area contributed by atoms with Gasteiger partial charge in [-0.15, -0.1) is 0 Å². The van der Waals surface area contributed by atoms with Crippen LogP contribution in [-0.4, -0.2) is 31.2 Å². The highest BCUT2D eigenvalue weighted by atomic mass is 16.5. The molecule has 0 amide bonds. The molecule has 0 aliphatic heterocycles. The van der Waals surface area contributed by atoms with Crippen LogP contribution in [0.4, 0.5) is 5.95 Å². The highest BCUT2D eigenvalue weighted by Crippen LogP contribution is 2.21. The molecule has 2 aromatic rings. The lowest BCUT2D eigenvalue weighted by Gasteiger charge is -2.12. The Balaban J connectivity index is 2.83. The largest absolute Gasteiger partial charge is 0.494 e. The number of methoxy groups -OCH3 is 1. The fraction of sp³-hybridized carbons (Fsp3) is 0.273. The van der Waals surface area contributed by atoms with Crippen molar-refractivity contribution in [3.63, 3.8) is 0 Å². The predicted octanol–water partition coefficient (Wildman–Crippen LogP) is 0.998. The van der Waals surface area contributed by atoms with Crippen LogP contribution in [-0.2, 0) is 0 Å². The Morgan fingerprint density at radius 3 is 2.75 bits per heavy atom. The number of nitrogens with one attached hydrogen (secondary N) is 1. The van der Waals surface area contributed by atoms with E-state index >= 15 is 0 Å². The van der Waals surface area contributed by atoms with Gasteiger partial charge in [0.15, 0.2) is 0 Å². The van der Waals surface area contributed by atoms with Gasteiger partial charge >= 0.3 is 0 Å². The molecule has 0 atom stereocenters. The molecule has 1 heterocycles. The summed E-state index contributed by atoms with van der Waals surface area (Å²) in [5, 5.41) is 0.532. The summed E-state index contributed by atoms with van der Waals surface area (Å²) in [6, 6.07) is 5.28. The third-order valence-corrected chi connectivity index (χ3v) is 2.33. The van der Waals surface area contributed by atoms with E-state index < -0.39 is 0 Å². The number of rotatable bonds is 2. The van der Waals surface area contributed by atoms with Gasteiger partial charge in [-0.2, -0.15) is 0 Å². The number of benzene rings is 1. The minimum absolute atomic E-state index is 0.160. The summed E-state index contributed by atoms with van der Waals surface area (Å²) in [5.74, 6) is 1.12. The molecule has 2 rings (SSSR count). The quantitative estimate of drug-likeness (QED) is 0.818. The minimum atomic E-state index is -0.160. The number of nitrogens with zero attached hydrogens (tertiary/aromatic N) is 2. The van der Waals surface area contributed by atoms with Crippen molar-refractivity contribution in [1.29, 1.82) is 0 Å². The summed E-state index contributed by atoms with van der Waals surface area (Å²) in [4.78, 5) is 20.6. The van der Waals surface area contributed by atoms with Crippen molar-refractivity contribution in [2.45, 2.75) is 0 Å². The summed E-state index contributed by atoms with van der Waals surface area (Å²) in [6.45, 7) is 0. The second-order valence-corrected chi connectivity index (χ2v) is 3.64. The van der Waals surface area contributed by atoms with Crippen LogP contribution in [0.15, 0.2) is 23.0 Å². The third kappa shape index (κ3) is 1.60. The zero-order valence-electron chi connectivity index (χ0n) is 9.44. The summed E-state index contributed by atoms with van der Waals surface area (Å²) in [6.07, 6.45) is 0. The average molecular weight is 219 g/mol. The molecule has 0 saturated carbocycles. The molecule has 0 aliphatic carbocycles. The Labute approximate surface area is 92.7 Å². The smallest absolute Gasteiger partial charge is 0.260 e. The minimum Gasteiger partial charge on any atom is -0.494 e. The molecule has 0 fully saturated rings. The Hall–Kier alpha value is -2.04. The maximum atomic E-state index is 11.8. The van der Waals surface area contributed by atoms with Crippen molar-refractivity contribution >= 4 is 16.9 Å². The Morgan fingerprint density at radius 2 is 2.12 bits per heavy atom. The number of fused-ring (bicyclic) bond motifs is 1. The first-order valence-corrected chi connectivity index (χ1v) is 4.88. The molecule has 5 nitrogen and oxygen atoms in total. The van der Waals surface area contributed by atoms with Crippen molar-refractivity contribution in [3.8, 4) is 5.75 Å². The van der Waals surface area contributed by atoms with E-state index in [4.69, 9.17) is 4.74 Å². The number of H-pyrrole nitrogens is 1. The van der Waals surface area contributed by atoms with Crippen LogP contribution < -0.4 is 15.2 Å². The van der Waals surface area contributed by atoms with Gasteiger partial charge in [-0.05, 0) is 12.1 Å². The molecule has 84 valence electrons. The molecule has 0 spiro atoms. The van der Waals surface area contributed by atoms with E-state index in [1.54, 1.807) is 30.2 Å². The maximum Gasteiger partial charge on any atom is 0.260 e. The average Bonchev–Trinajstić information content (AvgIpc) is 2.28. The van der Waals surface area contributed by atoms with Crippen LogP contribution in [0, 0.1) is 0 Å². The maximum absolute atomic E-state index is 11.8. The second-order valence-electron chi connectivity index (χ2n) is 3.64. The molecule has 1 aromatic carbocycles. The summed E-state index contributed by atoms with van der Waals surface area (Å²) < 4.78 is 5.18. The fourth-order valence-electron chi connectivity index (χ4n) is 1.50. The molecule has 0 radical (unpaired) electrons. The SMILES string of the molecule is COc1cccc2c(=O)[nH]c(N(C)C)nc12. The Bertz CT molecular complexity index is 575. The number of anilines is 1.